The number of aromatic nitrogens is 1. The molecule has 2 unspecified atom stereocenters. The molecule has 2 aromatic rings. The molecule has 2 amide bonds. The number of carbonyl (C=O) groups excluding carboxylic acids is 1. The summed E-state index contributed by atoms with van der Waals surface area (Å²) in [5.74, 6) is -1.03. The summed E-state index contributed by atoms with van der Waals surface area (Å²) >= 11 is 0. The molecule has 2 aliphatic heterocycles. The van der Waals surface area contributed by atoms with E-state index in [4.69, 9.17) is 0 Å². The molecule has 4 nitrogen and oxygen atoms in total. The molecule has 3 heterocycles. The average Bonchev–Trinajstić information content (AvgIpc) is 2.63. The molecule has 1 N–H and O–H groups in total. The van der Waals surface area contributed by atoms with E-state index in [1.165, 1.54) is 6.07 Å². The largest absolute Gasteiger partial charge is 0.322 e. The lowest BCUT2D eigenvalue weighted by molar-refractivity contribution is -0.0589. The van der Waals surface area contributed by atoms with Crippen molar-refractivity contribution in [3.05, 3.63) is 48.0 Å². The van der Waals surface area contributed by atoms with Gasteiger partial charge in [0.1, 0.15) is 5.82 Å². The minimum Gasteiger partial charge on any atom is -0.318 e. The van der Waals surface area contributed by atoms with Gasteiger partial charge in [-0.2, -0.15) is 0 Å². The molecule has 1 aromatic carbocycles. The molecule has 0 aliphatic carbocycles. The van der Waals surface area contributed by atoms with Crippen LogP contribution < -0.4 is 5.32 Å². The van der Waals surface area contributed by atoms with Crippen molar-refractivity contribution in [2.75, 3.05) is 5.32 Å². The number of hydrogen-bond acceptors (Lipinski definition) is 2. The highest BCUT2D eigenvalue weighted by atomic mass is 19.3. The van der Waals surface area contributed by atoms with Gasteiger partial charge >= 0.3 is 6.03 Å². The van der Waals surface area contributed by atoms with Crippen LogP contribution in [0.5, 0.6) is 0 Å². The number of benzene rings is 1. The van der Waals surface area contributed by atoms with Gasteiger partial charge in [0.15, 0.2) is 0 Å². The molecule has 142 valence electrons. The summed E-state index contributed by atoms with van der Waals surface area (Å²) in [6, 6.07) is 6.31. The van der Waals surface area contributed by atoms with E-state index in [0.717, 1.165) is 23.7 Å². The predicted molar refractivity (Wildman–Crippen MR) is 96.1 cm³/mol. The molecule has 1 aromatic heterocycles. The number of fused-ring (bicyclic) bond motifs is 2. The van der Waals surface area contributed by atoms with Crippen LogP contribution in [0.3, 0.4) is 0 Å². The summed E-state index contributed by atoms with van der Waals surface area (Å²) < 4.78 is 39.3. The van der Waals surface area contributed by atoms with Gasteiger partial charge in [-0.1, -0.05) is 6.07 Å². The summed E-state index contributed by atoms with van der Waals surface area (Å²) in [6.07, 6.45) is 1.90. The van der Waals surface area contributed by atoms with Crippen LogP contribution in [0.2, 0.25) is 0 Å². The molecule has 2 bridgehead atoms. The Kier molecular flexibility index (Phi) is 4.53. The van der Waals surface area contributed by atoms with Gasteiger partial charge in [-0.15, -0.1) is 0 Å². The second kappa shape index (κ2) is 6.87. The Hall–Kier alpha value is -2.57. The highest BCUT2D eigenvalue weighted by molar-refractivity contribution is 5.91. The zero-order valence-corrected chi connectivity index (χ0v) is 14.8. The lowest BCUT2D eigenvalue weighted by Crippen LogP contribution is -2.64. The number of urea groups is 1. The van der Waals surface area contributed by atoms with E-state index in [9.17, 15) is 18.0 Å². The second-order valence-corrected chi connectivity index (χ2v) is 7.37. The predicted octanol–water partition coefficient (Wildman–Crippen LogP) is 4.85. The van der Waals surface area contributed by atoms with E-state index in [0.29, 0.717) is 24.1 Å². The third-order valence-electron chi connectivity index (χ3n) is 5.58. The first kappa shape index (κ1) is 17.8. The van der Waals surface area contributed by atoms with Crippen molar-refractivity contribution < 1.29 is 18.0 Å². The molecule has 7 heteroatoms. The maximum Gasteiger partial charge on any atom is 0.322 e. The summed E-state index contributed by atoms with van der Waals surface area (Å²) in [4.78, 5) is 18.2. The van der Waals surface area contributed by atoms with E-state index in [-0.39, 0.29) is 18.1 Å². The van der Waals surface area contributed by atoms with Gasteiger partial charge < -0.3 is 10.2 Å². The quantitative estimate of drug-likeness (QED) is 0.834. The fourth-order valence-corrected chi connectivity index (χ4v) is 4.21. The van der Waals surface area contributed by atoms with E-state index in [1.807, 2.05) is 13.0 Å². The molecule has 2 fully saturated rings. The van der Waals surface area contributed by atoms with Crippen LogP contribution in [0, 0.1) is 18.7 Å². The van der Waals surface area contributed by atoms with E-state index < -0.39 is 18.2 Å². The second-order valence-electron chi connectivity index (χ2n) is 7.37. The van der Waals surface area contributed by atoms with Crippen molar-refractivity contribution in [2.45, 2.75) is 44.7 Å². The number of piperidine rings is 1. The first-order valence-corrected chi connectivity index (χ1v) is 9.01. The lowest BCUT2D eigenvalue weighted by Gasteiger charge is -2.54. The highest BCUT2D eigenvalue weighted by Crippen LogP contribution is 2.43. The SMILES string of the molecule is Cc1ccc(NC(=O)N2C3CC(C(F)F)CC2C3)cc1-c1cncc(F)c1. The van der Waals surface area contributed by atoms with Crippen molar-refractivity contribution in [1.82, 2.24) is 9.88 Å². The zero-order chi connectivity index (χ0) is 19.1. The molecule has 2 aliphatic rings. The third kappa shape index (κ3) is 3.38. The van der Waals surface area contributed by atoms with Gasteiger partial charge in [-0.3, -0.25) is 4.98 Å². The Bertz CT molecular complexity index is 861. The van der Waals surface area contributed by atoms with Crippen LogP contribution in [0.4, 0.5) is 23.7 Å². The summed E-state index contributed by atoms with van der Waals surface area (Å²) in [7, 11) is 0. The summed E-state index contributed by atoms with van der Waals surface area (Å²) in [5, 5.41) is 2.85. The zero-order valence-electron chi connectivity index (χ0n) is 14.8. The van der Waals surface area contributed by atoms with E-state index in [1.54, 1.807) is 23.2 Å². The molecule has 2 saturated heterocycles. The topological polar surface area (TPSA) is 45.2 Å². The Morgan fingerprint density at radius 1 is 1.19 bits per heavy atom. The van der Waals surface area contributed by atoms with Crippen molar-refractivity contribution in [3.63, 3.8) is 0 Å². The molecule has 4 rings (SSSR count). The van der Waals surface area contributed by atoms with E-state index in [2.05, 4.69) is 10.3 Å². The number of rotatable bonds is 3. The first-order chi connectivity index (χ1) is 12.9. The average molecular weight is 375 g/mol. The van der Waals surface area contributed by atoms with Crippen LogP contribution >= 0.6 is 0 Å². The van der Waals surface area contributed by atoms with Gasteiger partial charge in [-0.25, -0.2) is 18.0 Å². The van der Waals surface area contributed by atoms with Crippen molar-refractivity contribution >= 4 is 11.7 Å². The number of alkyl halides is 2. The number of halogens is 3. The monoisotopic (exact) mass is 375 g/mol. The molecular weight excluding hydrogens is 355 g/mol. The van der Waals surface area contributed by atoms with Crippen LogP contribution in [0.25, 0.3) is 11.1 Å². The number of nitrogens with zero attached hydrogens (tertiary/aromatic N) is 2. The highest BCUT2D eigenvalue weighted by Gasteiger charge is 2.49. The van der Waals surface area contributed by atoms with Crippen molar-refractivity contribution in [3.8, 4) is 11.1 Å². The van der Waals surface area contributed by atoms with Gasteiger partial charge in [0.05, 0.1) is 6.20 Å². The van der Waals surface area contributed by atoms with Crippen molar-refractivity contribution in [2.24, 2.45) is 5.92 Å². The smallest absolute Gasteiger partial charge is 0.318 e. The Morgan fingerprint density at radius 2 is 1.93 bits per heavy atom. The molecule has 0 saturated carbocycles. The fourth-order valence-electron chi connectivity index (χ4n) is 4.21. The standard InChI is InChI=1S/C20H20F3N3O/c1-11-2-3-15(7-18(11)13-4-14(21)10-24-9-13)25-20(27)26-16-5-12(19(22)23)6-17(26)8-16/h2-4,7,9-10,12,16-17,19H,5-6,8H2,1H3,(H,25,27). The van der Waals surface area contributed by atoms with Gasteiger partial charge in [0.2, 0.25) is 6.43 Å². The maximum atomic E-state index is 13.5. The van der Waals surface area contributed by atoms with Gasteiger partial charge in [-0.05, 0) is 55.5 Å². The molecule has 0 spiro atoms. The molecule has 0 radical (unpaired) electrons. The van der Waals surface area contributed by atoms with Crippen LogP contribution in [0.15, 0.2) is 36.7 Å². The fraction of sp³-hybridized carbons (Fsp3) is 0.400. The van der Waals surface area contributed by atoms with Gasteiger partial charge in [0, 0.05) is 35.4 Å². The lowest BCUT2D eigenvalue weighted by atomic mass is 9.74. The number of aryl methyl sites for hydroxylation is 1. The van der Waals surface area contributed by atoms with Crippen LogP contribution in [-0.4, -0.2) is 34.4 Å². The van der Waals surface area contributed by atoms with Gasteiger partial charge in [0.25, 0.3) is 0 Å². The Labute approximate surface area is 155 Å². The first-order valence-electron chi connectivity index (χ1n) is 9.01. The summed E-state index contributed by atoms with van der Waals surface area (Å²) in [6.45, 7) is 1.90. The normalized spacial score (nSPS) is 23.9. The number of amides is 2. The molecular formula is C20H20F3N3O. The number of pyridine rings is 1. The van der Waals surface area contributed by atoms with Crippen molar-refractivity contribution in [1.29, 1.82) is 0 Å². The number of carbonyl (C=O) groups is 1. The minimum atomic E-state index is -2.32. The molecule has 27 heavy (non-hydrogen) atoms. The number of anilines is 1. The van der Waals surface area contributed by atoms with Crippen LogP contribution in [0.1, 0.15) is 24.8 Å². The Morgan fingerprint density at radius 3 is 2.59 bits per heavy atom. The number of nitrogens with one attached hydrogen (secondary N) is 1. The molecule has 2 atom stereocenters. The van der Waals surface area contributed by atoms with Crippen LogP contribution in [-0.2, 0) is 0 Å². The third-order valence-corrected chi connectivity index (χ3v) is 5.58. The maximum absolute atomic E-state index is 13.5. The summed E-state index contributed by atoms with van der Waals surface area (Å²) in [5.41, 5.74) is 2.92. The number of hydrogen-bond donors (Lipinski definition) is 1. The minimum absolute atomic E-state index is 0.111. The Balaban J connectivity index is 1.49. The van der Waals surface area contributed by atoms with E-state index >= 15 is 0 Å².